The highest BCUT2D eigenvalue weighted by atomic mass is 32.2. The van der Waals surface area contributed by atoms with E-state index in [-0.39, 0.29) is 27.7 Å². The molecule has 1 heterocycles. The van der Waals surface area contributed by atoms with Crippen LogP contribution >= 0.6 is 0 Å². The van der Waals surface area contributed by atoms with E-state index in [1.165, 1.54) is 30.5 Å². The van der Waals surface area contributed by atoms with E-state index in [4.69, 9.17) is 5.73 Å². The van der Waals surface area contributed by atoms with Gasteiger partial charge in [0.2, 0.25) is 0 Å². The summed E-state index contributed by atoms with van der Waals surface area (Å²) in [5.41, 5.74) is 5.76. The first kappa shape index (κ1) is 14.8. The number of sulfone groups is 1. The lowest BCUT2D eigenvalue weighted by molar-refractivity contribution is 0.102. The minimum atomic E-state index is -3.45. The summed E-state index contributed by atoms with van der Waals surface area (Å²) in [6, 6.07) is 6.69. The van der Waals surface area contributed by atoms with Crippen molar-refractivity contribution in [1.29, 1.82) is 0 Å². The molecule has 110 valence electrons. The van der Waals surface area contributed by atoms with Crippen LogP contribution in [0.4, 0.5) is 11.4 Å². The molecule has 2 aromatic rings. The molecule has 0 unspecified atom stereocenters. The molecule has 1 aromatic heterocycles. The van der Waals surface area contributed by atoms with E-state index in [1.807, 2.05) is 0 Å². The van der Waals surface area contributed by atoms with Crippen molar-refractivity contribution >= 4 is 27.1 Å². The number of carbonyl (C=O) groups excluding carboxylic acids is 1. The third-order valence-electron chi connectivity index (χ3n) is 2.70. The summed E-state index contributed by atoms with van der Waals surface area (Å²) in [4.78, 5) is 15.8. The number of carbonyl (C=O) groups is 1. The fourth-order valence-corrected chi connectivity index (χ4v) is 2.28. The van der Waals surface area contributed by atoms with Crippen molar-refractivity contribution in [2.45, 2.75) is 4.90 Å². The molecule has 0 saturated carbocycles. The zero-order valence-electron chi connectivity index (χ0n) is 11.1. The minimum absolute atomic E-state index is 0.0124. The first-order chi connectivity index (χ1) is 9.79. The first-order valence-electron chi connectivity index (χ1n) is 5.84. The van der Waals surface area contributed by atoms with E-state index in [1.54, 1.807) is 6.07 Å². The van der Waals surface area contributed by atoms with Gasteiger partial charge in [0.1, 0.15) is 5.75 Å². The number of nitrogens with one attached hydrogen (secondary N) is 1. The van der Waals surface area contributed by atoms with Gasteiger partial charge in [0, 0.05) is 12.5 Å². The van der Waals surface area contributed by atoms with Crippen molar-refractivity contribution in [3.8, 4) is 5.75 Å². The average Bonchev–Trinajstić information content (AvgIpc) is 2.40. The zero-order valence-corrected chi connectivity index (χ0v) is 11.9. The van der Waals surface area contributed by atoms with Crippen LogP contribution in [-0.2, 0) is 9.84 Å². The second-order valence-corrected chi connectivity index (χ2v) is 6.36. The molecule has 2 rings (SSSR count). The predicted molar refractivity (Wildman–Crippen MR) is 77.8 cm³/mol. The Hall–Kier alpha value is -2.61. The van der Waals surface area contributed by atoms with Crippen LogP contribution in [0.5, 0.6) is 5.75 Å². The maximum atomic E-state index is 12.0. The molecule has 0 radical (unpaired) electrons. The molecule has 7 nitrogen and oxygen atoms in total. The van der Waals surface area contributed by atoms with Crippen LogP contribution in [0, 0.1) is 0 Å². The molecule has 0 aliphatic heterocycles. The van der Waals surface area contributed by atoms with Gasteiger partial charge in [-0.15, -0.1) is 0 Å². The molecule has 21 heavy (non-hydrogen) atoms. The molecule has 8 heteroatoms. The summed E-state index contributed by atoms with van der Waals surface area (Å²) in [6.07, 6.45) is 2.43. The summed E-state index contributed by atoms with van der Waals surface area (Å²) in [5, 5.41) is 12.1. The number of anilines is 2. The number of nitrogens with zero attached hydrogens (tertiary/aromatic N) is 1. The van der Waals surface area contributed by atoms with Gasteiger partial charge in [-0.25, -0.2) is 13.4 Å². The van der Waals surface area contributed by atoms with E-state index in [2.05, 4.69) is 10.3 Å². The number of phenols is 1. The van der Waals surface area contributed by atoms with E-state index in [9.17, 15) is 18.3 Å². The largest absolute Gasteiger partial charge is 0.506 e. The van der Waals surface area contributed by atoms with Crippen LogP contribution in [-0.4, -0.2) is 30.7 Å². The lowest BCUT2D eigenvalue weighted by atomic mass is 10.2. The van der Waals surface area contributed by atoms with Crippen LogP contribution in [0.3, 0.4) is 0 Å². The highest BCUT2D eigenvalue weighted by Crippen LogP contribution is 2.27. The predicted octanol–water partition coefficient (Wildman–Crippen LogP) is 1.03. The van der Waals surface area contributed by atoms with Crippen LogP contribution in [0.2, 0.25) is 0 Å². The highest BCUT2D eigenvalue weighted by Gasteiger charge is 2.15. The Bertz CT molecular complexity index is 803. The molecule has 4 N–H and O–H groups in total. The van der Waals surface area contributed by atoms with Crippen molar-refractivity contribution < 1.29 is 18.3 Å². The summed E-state index contributed by atoms with van der Waals surface area (Å²) >= 11 is 0. The Morgan fingerprint density at radius 1 is 1.33 bits per heavy atom. The van der Waals surface area contributed by atoms with E-state index < -0.39 is 15.7 Å². The standard InChI is InChI=1S/C13H13N3O4S/c1-21(19,20)8-4-5-11(17)10(7-8)16-13(18)12-9(14)3-2-6-15-12/h2-7,17H,14H2,1H3,(H,16,18). The summed E-state index contributed by atoms with van der Waals surface area (Å²) in [6.45, 7) is 0. The number of phenolic OH excluding ortho intramolecular Hbond substituents is 1. The SMILES string of the molecule is CS(=O)(=O)c1ccc(O)c(NC(=O)c2ncccc2N)c1. The number of nitrogens with two attached hydrogens (primary N) is 1. The van der Waals surface area contributed by atoms with Gasteiger partial charge in [-0.05, 0) is 30.3 Å². The molecule has 0 saturated heterocycles. The fraction of sp³-hybridized carbons (Fsp3) is 0.0769. The average molecular weight is 307 g/mol. The lowest BCUT2D eigenvalue weighted by Gasteiger charge is -2.09. The Balaban J connectivity index is 2.36. The third-order valence-corrected chi connectivity index (χ3v) is 3.81. The number of pyridine rings is 1. The Morgan fingerprint density at radius 2 is 2.05 bits per heavy atom. The monoisotopic (exact) mass is 307 g/mol. The number of hydrogen-bond acceptors (Lipinski definition) is 6. The number of aromatic nitrogens is 1. The number of benzene rings is 1. The molecule has 0 aliphatic rings. The van der Waals surface area contributed by atoms with Gasteiger partial charge in [-0.3, -0.25) is 4.79 Å². The molecule has 1 amide bonds. The van der Waals surface area contributed by atoms with Crippen molar-refractivity contribution in [1.82, 2.24) is 4.98 Å². The lowest BCUT2D eigenvalue weighted by Crippen LogP contribution is -2.16. The number of amides is 1. The molecule has 0 aliphatic carbocycles. The highest BCUT2D eigenvalue weighted by molar-refractivity contribution is 7.90. The van der Waals surface area contributed by atoms with E-state index in [0.717, 1.165) is 6.26 Å². The third kappa shape index (κ3) is 3.29. The molecule has 0 spiro atoms. The van der Waals surface area contributed by atoms with Crippen molar-refractivity contribution in [2.75, 3.05) is 17.3 Å². The van der Waals surface area contributed by atoms with Gasteiger partial charge in [0.05, 0.1) is 16.3 Å². The Labute approximate surface area is 121 Å². The van der Waals surface area contributed by atoms with Gasteiger partial charge in [0.15, 0.2) is 15.5 Å². The second-order valence-electron chi connectivity index (χ2n) is 4.35. The number of aromatic hydroxyl groups is 1. The van der Waals surface area contributed by atoms with Crippen LogP contribution in [0.15, 0.2) is 41.4 Å². The maximum absolute atomic E-state index is 12.0. The molecule has 0 fully saturated rings. The Kier molecular flexibility index (Phi) is 3.81. The number of nitrogen functional groups attached to an aromatic ring is 1. The van der Waals surface area contributed by atoms with Crippen LogP contribution < -0.4 is 11.1 Å². The van der Waals surface area contributed by atoms with E-state index in [0.29, 0.717) is 0 Å². The fourth-order valence-electron chi connectivity index (χ4n) is 1.63. The van der Waals surface area contributed by atoms with Gasteiger partial charge < -0.3 is 16.2 Å². The molecule has 1 aromatic carbocycles. The van der Waals surface area contributed by atoms with Crippen LogP contribution in [0.25, 0.3) is 0 Å². The van der Waals surface area contributed by atoms with Gasteiger partial charge >= 0.3 is 0 Å². The molecule has 0 atom stereocenters. The number of hydrogen-bond donors (Lipinski definition) is 3. The molecule has 0 bridgehead atoms. The second kappa shape index (κ2) is 5.41. The van der Waals surface area contributed by atoms with Gasteiger partial charge in [0.25, 0.3) is 5.91 Å². The van der Waals surface area contributed by atoms with Gasteiger partial charge in [-0.1, -0.05) is 0 Å². The quantitative estimate of drug-likeness (QED) is 0.728. The topological polar surface area (TPSA) is 122 Å². The van der Waals surface area contributed by atoms with Crippen LogP contribution in [0.1, 0.15) is 10.5 Å². The summed E-state index contributed by atoms with van der Waals surface area (Å²) < 4.78 is 23.0. The zero-order chi connectivity index (χ0) is 15.6. The summed E-state index contributed by atoms with van der Waals surface area (Å²) in [7, 11) is -3.45. The normalized spacial score (nSPS) is 11.1. The summed E-state index contributed by atoms with van der Waals surface area (Å²) in [5.74, 6) is -0.903. The van der Waals surface area contributed by atoms with Crippen molar-refractivity contribution in [3.63, 3.8) is 0 Å². The smallest absolute Gasteiger partial charge is 0.276 e. The number of rotatable bonds is 3. The maximum Gasteiger partial charge on any atom is 0.276 e. The molecular formula is C13H13N3O4S. The van der Waals surface area contributed by atoms with E-state index >= 15 is 0 Å². The Morgan fingerprint density at radius 3 is 2.67 bits per heavy atom. The molecular weight excluding hydrogens is 294 g/mol. The first-order valence-corrected chi connectivity index (χ1v) is 7.73. The minimum Gasteiger partial charge on any atom is -0.506 e. The van der Waals surface area contributed by atoms with Crippen molar-refractivity contribution in [2.24, 2.45) is 0 Å². The van der Waals surface area contributed by atoms with Gasteiger partial charge in [-0.2, -0.15) is 0 Å². The van der Waals surface area contributed by atoms with Crippen molar-refractivity contribution in [3.05, 3.63) is 42.2 Å².